The zero-order chi connectivity index (χ0) is 13.0. The van der Waals surface area contributed by atoms with Crippen molar-refractivity contribution in [1.82, 2.24) is 5.32 Å². The normalized spacial score (nSPS) is 31.9. The molecule has 2 unspecified atom stereocenters. The summed E-state index contributed by atoms with van der Waals surface area (Å²) in [5.74, 6) is -0.117. The number of rotatable bonds is 3. The molecule has 0 spiro atoms. The summed E-state index contributed by atoms with van der Waals surface area (Å²) in [7, 11) is 0. The third-order valence-corrected chi connectivity index (χ3v) is 4.05. The van der Waals surface area contributed by atoms with Crippen LogP contribution in [0.15, 0.2) is 0 Å². The lowest BCUT2D eigenvalue weighted by molar-refractivity contribution is -0.155. The molecule has 2 aliphatic heterocycles. The van der Waals surface area contributed by atoms with E-state index in [1.54, 1.807) is 0 Å². The summed E-state index contributed by atoms with van der Waals surface area (Å²) in [6.45, 7) is 6.37. The van der Waals surface area contributed by atoms with E-state index in [4.69, 9.17) is 9.47 Å². The van der Waals surface area contributed by atoms with Crippen LogP contribution in [-0.4, -0.2) is 37.9 Å². The van der Waals surface area contributed by atoms with E-state index in [0.717, 1.165) is 38.8 Å². The summed E-state index contributed by atoms with van der Waals surface area (Å²) in [5.41, 5.74) is -0.0112. The molecule has 0 bridgehead atoms. The van der Waals surface area contributed by atoms with E-state index in [2.05, 4.69) is 19.2 Å². The first-order valence-electron chi connectivity index (χ1n) is 7.11. The van der Waals surface area contributed by atoms with Crippen LogP contribution >= 0.6 is 0 Å². The van der Waals surface area contributed by atoms with E-state index >= 15 is 0 Å². The summed E-state index contributed by atoms with van der Waals surface area (Å²) in [6, 6.07) is -0.171. The Morgan fingerprint density at radius 3 is 2.89 bits per heavy atom. The zero-order valence-electron chi connectivity index (χ0n) is 11.5. The molecule has 0 aliphatic carbocycles. The van der Waals surface area contributed by atoms with Crippen LogP contribution in [-0.2, 0) is 14.3 Å². The predicted molar refractivity (Wildman–Crippen MR) is 69.4 cm³/mol. The Morgan fingerprint density at radius 2 is 2.22 bits per heavy atom. The fourth-order valence-corrected chi connectivity index (χ4v) is 2.81. The summed E-state index contributed by atoms with van der Waals surface area (Å²) in [6.07, 6.45) is 5.61. The fourth-order valence-electron chi connectivity index (χ4n) is 2.81. The lowest BCUT2D eigenvalue weighted by atomic mass is 9.77. The van der Waals surface area contributed by atoms with E-state index in [1.165, 1.54) is 6.42 Å². The highest BCUT2D eigenvalue weighted by Crippen LogP contribution is 2.30. The molecule has 0 saturated carbocycles. The molecule has 0 aromatic rings. The molecule has 2 heterocycles. The Balaban J connectivity index is 1.79. The van der Waals surface area contributed by atoms with Gasteiger partial charge in [0, 0.05) is 6.61 Å². The summed E-state index contributed by atoms with van der Waals surface area (Å²) in [5, 5.41) is 3.28. The lowest BCUT2D eigenvalue weighted by Crippen LogP contribution is -2.52. The maximum Gasteiger partial charge on any atom is 0.323 e. The van der Waals surface area contributed by atoms with E-state index in [9.17, 15) is 4.79 Å². The van der Waals surface area contributed by atoms with Gasteiger partial charge in [0.05, 0.1) is 6.10 Å². The highest BCUT2D eigenvalue weighted by Gasteiger charge is 2.38. The third-order valence-electron chi connectivity index (χ3n) is 4.05. The minimum Gasteiger partial charge on any atom is -0.462 e. The van der Waals surface area contributed by atoms with Gasteiger partial charge in [0.2, 0.25) is 0 Å². The second-order valence-corrected chi connectivity index (χ2v) is 6.10. The van der Waals surface area contributed by atoms with Gasteiger partial charge in [0.1, 0.15) is 12.6 Å². The Hall–Kier alpha value is -0.610. The average molecular weight is 255 g/mol. The Morgan fingerprint density at radius 1 is 1.39 bits per heavy atom. The number of esters is 1. The maximum absolute atomic E-state index is 12.1. The molecule has 0 aromatic carbocycles. The molecular formula is C14H25NO3. The van der Waals surface area contributed by atoms with Crippen LogP contribution < -0.4 is 5.32 Å². The quantitative estimate of drug-likeness (QED) is 0.782. The molecule has 4 nitrogen and oxygen atoms in total. The van der Waals surface area contributed by atoms with Gasteiger partial charge >= 0.3 is 5.97 Å². The largest absolute Gasteiger partial charge is 0.462 e. The van der Waals surface area contributed by atoms with Crippen molar-refractivity contribution < 1.29 is 14.3 Å². The average Bonchev–Trinajstić information content (AvgIpc) is 2.37. The molecule has 2 atom stereocenters. The molecule has 2 rings (SSSR count). The molecular weight excluding hydrogens is 230 g/mol. The Bertz CT molecular complexity index is 285. The van der Waals surface area contributed by atoms with Crippen LogP contribution in [0, 0.1) is 5.41 Å². The van der Waals surface area contributed by atoms with Crippen molar-refractivity contribution in [2.24, 2.45) is 5.41 Å². The number of carbonyl (C=O) groups excluding carboxylic acids is 1. The minimum atomic E-state index is -0.171. The molecule has 2 saturated heterocycles. The highest BCUT2D eigenvalue weighted by molar-refractivity contribution is 5.77. The molecule has 0 amide bonds. The molecule has 104 valence electrons. The van der Waals surface area contributed by atoms with Crippen molar-refractivity contribution in [3.8, 4) is 0 Å². The minimum absolute atomic E-state index is 0.0112. The van der Waals surface area contributed by atoms with Gasteiger partial charge in [0.25, 0.3) is 0 Å². The predicted octanol–water partition coefficient (Wildman–Crippen LogP) is 1.88. The molecule has 2 aliphatic rings. The Kier molecular flexibility index (Phi) is 4.62. The second-order valence-electron chi connectivity index (χ2n) is 6.10. The van der Waals surface area contributed by atoms with Gasteiger partial charge in [0.15, 0.2) is 0 Å². The van der Waals surface area contributed by atoms with Gasteiger partial charge in [-0.1, -0.05) is 13.8 Å². The summed E-state index contributed by atoms with van der Waals surface area (Å²) >= 11 is 0. The van der Waals surface area contributed by atoms with Crippen molar-refractivity contribution in [3.63, 3.8) is 0 Å². The number of carbonyl (C=O) groups is 1. The van der Waals surface area contributed by atoms with Crippen LogP contribution in [0.3, 0.4) is 0 Å². The fraction of sp³-hybridized carbons (Fsp3) is 0.929. The number of nitrogens with one attached hydrogen (secondary N) is 1. The van der Waals surface area contributed by atoms with Gasteiger partial charge in [-0.25, -0.2) is 0 Å². The maximum atomic E-state index is 12.1. The number of hydrogen-bond acceptors (Lipinski definition) is 4. The number of hydrogen-bond donors (Lipinski definition) is 1. The third kappa shape index (κ3) is 3.45. The first-order chi connectivity index (χ1) is 8.59. The van der Waals surface area contributed by atoms with Crippen molar-refractivity contribution in [3.05, 3.63) is 0 Å². The van der Waals surface area contributed by atoms with Crippen molar-refractivity contribution in [2.45, 2.75) is 58.1 Å². The molecule has 0 radical (unpaired) electrons. The van der Waals surface area contributed by atoms with E-state index in [1.807, 2.05) is 0 Å². The second kappa shape index (κ2) is 6.02. The van der Waals surface area contributed by atoms with Crippen LogP contribution in [0.1, 0.15) is 46.0 Å². The summed E-state index contributed by atoms with van der Waals surface area (Å²) < 4.78 is 11.0. The van der Waals surface area contributed by atoms with E-state index < -0.39 is 0 Å². The standard InChI is InChI=1S/C14H25NO3/c1-14(2)7-5-8-15-12(14)13(16)18-10-11-6-3-4-9-17-11/h11-12,15H,3-10H2,1-2H3. The van der Waals surface area contributed by atoms with Gasteiger partial charge < -0.3 is 14.8 Å². The van der Waals surface area contributed by atoms with Crippen LogP contribution in [0.25, 0.3) is 0 Å². The Labute approximate surface area is 109 Å². The van der Waals surface area contributed by atoms with Crippen LogP contribution in [0.4, 0.5) is 0 Å². The summed E-state index contributed by atoms with van der Waals surface area (Å²) in [4.78, 5) is 12.1. The monoisotopic (exact) mass is 255 g/mol. The smallest absolute Gasteiger partial charge is 0.323 e. The molecule has 1 N–H and O–H groups in total. The first kappa shape index (κ1) is 13.8. The number of piperidine rings is 1. The lowest BCUT2D eigenvalue weighted by Gasteiger charge is -2.37. The molecule has 18 heavy (non-hydrogen) atoms. The first-order valence-corrected chi connectivity index (χ1v) is 7.11. The van der Waals surface area contributed by atoms with Gasteiger partial charge in [-0.15, -0.1) is 0 Å². The van der Waals surface area contributed by atoms with E-state index in [-0.39, 0.29) is 23.5 Å². The topological polar surface area (TPSA) is 47.6 Å². The van der Waals surface area contributed by atoms with Crippen molar-refractivity contribution >= 4 is 5.97 Å². The highest BCUT2D eigenvalue weighted by atomic mass is 16.6. The van der Waals surface area contributed by atoms with Crippen molar-refractivity contribution in [1.29, 1.82) is 0 Å². The molecule has 0 aromatic heterocycles. The van der Waals surface area contributed by atoms with Crippen LogP contribution in [0.2, 0.25) is 0 Å². The SMILES string of the molecule is CC1(C)CCCNC1C(=O)OCC1CCCCO1. The van der Waals surface area contributed by atoms with Gasteiger partial charge in [-0.05, 0) is 44.1 Å². The van der Waals surface area contributed by atoms with Crippen LogP contribution in [0.5, 0.6) is 0 Å². The van der Waals surface area contributed by atoms with Gasteiger partial charge in [-0.3, -0.25) is 4.79 Å². The zero-order valence-corrected chi connectivity index (χ0v) is 11.5. The number of ether oxygens (including phenoxy) is 2. The van der Waals surface area contributed by atoms with Crippen molar-refractivity contribution in [2.75, 3.05) is 19.8 Å². The molecule has 4 heteroatoms. The van der Waals surface area contributed by atoms with Gasteiger partial charge in [-0.2, -0.15) is 0 Å². The van der Waals surface area contributed by atoms with E-state index in [0.29, 0.717) is 6.61 Å². The molecule has 2 fully saturated rings.